The highest BCUT2D eigenvalue weighted by Crippen LogP contribution is 2.22. The van der Waals surface area contributed by atoms with Crippen molar-refractivity contribution >= 4 is 25.7 Å². The van der Waals surface area contributed by atoms with Gasteiger partial charge >= 0.3 is 0 Å². The van der Waals surface area contributed by atoms with Crippen molar-refractivity contribution in [3.05, 3.63) is 65.7 Å². The van der Waals surface area contributed by atoms with E-state index in [1.807, 2.05) is 54.6 Å². The molecule has 0 spiro atoms. The van der Waals surface area contributed by atoms with E-state index in [1.54, 1.807) is 49.8 Å². The van der Waals surface area contributed by atoms with Gasteiger partial charge in [-0.2, -0.15) is 0 Å². The number of carbonyl (C=O) groups is 3. The van der Waals surface area contributed by atoms with Crippen molar-refractivity contribution in [3.63, 3.8) is 0 Å². The molecular weight excluding hydrogens is 581 g/mol. The molecule has 0 aromatic heterocycles. The Morgan fingerprint density at radius 2 is 1.78 bits per heavy atom. The second-order valence-corrected chi connectivity index (χ2v) is 12.0. The van der Waals surface area contributed by atoms with Gasteiger partial charge in [-0.3, -0.25) is 19.3 Å². The van der Waals surface area contributed by atoms with Gasteiger partial charge in [-0.15, -0.1) is 6.42 Å². The minimum atomic E-state index is -0.939. The minimum Gasteiger partial charge on any atom is -0.497 e. The molecule has 1 heterocycles. The number of amides is 3. The van der Waals surface area contributed by atoms with Crippen molar-refractivity contribution in [2.24, 2.45) is 0 Å². The van der Waals surface area contributed by atoms with Gasteiger partial charge in [0.15, 0.2) is 7.98 Å². The molecule has 246 valence electrons. The predicted molar refractivity (Wildman–Crippen MR) is 180 cm³/mol. The number of ether oxygens (including phenoxy) is 2. The first-order valence-electron chi connectivity index (χ1n) is 15.8. The fraction of sp³-hybridized carbons (Fsp3) is 0.514. The van der Waals surface area contributed by atoms with Crippen LogP contribution in [0.25, 0.3) is 0 Å². The number of likely N-dealkylation sites (tertiary alicyclic amines) is 1. The maximum absolute atomic E-state index is 14.1. The molecule has 1 aliphatic rings. The third kappa shape index (κ3) is 10.3. The molecule has 1 aliphatic heterocycles. The second-order valence-electron chi connectivity index (χ2n) is 12.0. The summed E-state index contributed by atoms with van der Waals surface area (Å²) in [4.78, 5) is 46.6. The Hall–Kier alpha value is -3.85. The molecule has 3 rings (SSSR count). The number of rotatable bonds is 17. The quantitative estimate of drug-likeness (QED) is 0.203. The van der Waals surface area contributed by atoms with Crippen LogP contribution in [-0.4, -0.2) is 118 Å². The predicted octanol–water partition coefficient (Wildman–Crippen LogP) is 1.81. The van der Waals surface area contributed by atoms with Crippen LogP contribution in [0.15, 0.2) is 54.6 Å². The summed E-state index contributed by atoms with van der Waals surface area (Å²) in [5.41, 5.74) is 2.04. The van der Waals surface area contributed by atoms with Crippen molar-refractivity contribution in [3.8, 4) is 18.1 Å². The lowest BCUT2D eigenvalue weighted by Gasteiger charge is -2.36. The number of nitrogens with one attached hydrogen (secondary N) is 2. The average molecular weight is 630 g/mol. The van der Waals surface area contributed by atoms with Crippen molar-refractivity contribution < 1.29 is 23.9 Å². The van der Waals surface area contributed by atoms with Crippen LogP contribution in [0.4, 0.5) is 0 Å². The number of benzene rings is 2. The smallest absolute Gasteiger partial charge is 0.248 e. The molecule has 3 amide bonds. The zero-order chi connectivity index (χ0) is 33.6. The number of methoxy groups -OCH3 is 1. The van der Waals surface area contributed by atoms with Crippen molar-refractivity contribution in [2.75, 3.05) is 47.4 Å². The molecule has 0 saturated carbocycles. The monoisotopic (exact) mass is 629 g/mol. The van der Waals surface area contributed by atoms with Crippen LogP contribution in [-0.2, 0) is 32.0 Å². The van der Waals surface area contributed by atoms with E-state index in [0.29, 0.717) is 38.9 Å². The zero-order valence-electron chi connectivity index (χ0n) is 27.8. The highest BCUT2D eigenvalue weighted by Gasteiger charge is 2.39. The zero-order valence-corrected chi connectivity index (χ0v) is 27.8. The van der Waals surface area contributed by atoms with E-state index in [1.165, 1.54) is 0 Å². The Bertz CT molecular complexity index is 1300. The lowest BCUT2D eigenvalue weighted by atomic mass is 10.0. The van der Waals surface area contributed by atoms with E-state index >= 15 is 0 Å². The Balaban J connectivity index is 1.84. The van der Waals surface area contributed by atoms with Crippen molar-refractivity contribution in [1.29, 1.82) is 0 Å². The molecule has 2 aromatic carbocycles. The summed E-state index contributed by atoms with van der Waals surface area (Å²) in [5.74, 6) is 2.47. The number of likely N-dealkylation sites (N-methyl/N-ethyl adjacent to an activating group) is 1. The number of carbonyl (C=O) groups excluding carboxylic acids is 3. The van der Waals surface area contributed by atoms with E-state index in [9.17, 15) is 14.4 Å². The Kier molecular flexibility index (Phi) is 14.6. The van der Waals surface area contributed by atoms with Crippen LogP contribution in [0.3, 0.4) is 0 Å². The van der Waals surface area contributed by atoms with Gasteiger partial charge in [-0.05, 0) is 76.9 Å². The van der Waals surface area contributed by atoms with Gasteiger partial charge in [-0.1, -0.05) is 48.4 Å². The van der Waals surface area contributed by atoms with Crippen molar-refractivity contribution in [1.82, 2.24) is 25.2 Å². The first-order valence-corrected chi connectivity index (χ1v) is 15.8. The summed E-state index contributed by atoms with van der Waals surface area (Å²) in [6.45, 7) is 4.80. The Labute approximate surface area is 275 Å². The van der Waals surface area contributed by atoms with E-state index in [2.05, 4.69) is 16.5 Å². The molecule has 10 nitrogen and oxygen atoms in total. The summed E-state index contributed by atoms with van der Waals surface area (Å²) < 4.78 is 11.0. The summed E-state index contributed by atoms with van der Waals surface area (Å²) >= 11 is 0. The van der Waals surface area contributed by atoms with Crippen LogP contribution in [0.1, 0.15) is 37.8 Å². The molecule has 5 atom stereocenters. The summed E-state index contributed by atoms with van der Waals surface area (Å²) in [6.07, 6.45) is 7.28. The van der Waals surface area contributed by atoms with Crippen LogP contribution in [0.5, 0.6) is 5.75 Å². The van der Waals surface area contributed by atoms with E-state index < -0.39 is 24.2 Å². The van der Waals surface area contributed by atoms with E-state index in [0.717, 1.165) is 23.3 Å². The fourth-order valence-electron chi connectivity index (χ4n) is 5.55. The Morgan fingerprint density at radius 1 is 1.09 bits per heavy atom. The van der Waals surface area contributed by atoms with Gasteiger partial charge in [0.2, 0.25) is 17.7 Å². The Morgan fingerprint density at radius 3 is 2.39 bits per heavy atom. The largest absolute Gasteiger partial charge is 0.497 e. The molecule has 2 N–H and O–H groups in total. The standard InChI is InChI=1S/C35H48BN5O5/c1-7-22-46-26(3)32(37-33(42)25(2)39(4)5)35(44)41-20-11-14-29(41)24-40(21-19-27-12-9-8-10-13-27)34(43)31(38-36)23-28-15-17-30(45-6)18-16-28/h1,8-10,12-13,15-18,25-26,29,31-32,38H,11,14,19-24H2,2-6H3,(H,37,42)/t25-,26+,29-,31+,32-/m0/s1. The van der Waals surface area contributed by atoms with Gasteiger partial charge in [-0.25, -0.2) is 0 Å². The number of terminal acetylenes is 1. The lowest BCUT2D eigenvalue weighted by Crippen LogP contribution is -2.59. The second kappa shape index (κ2) is 18.3. The van der Waals surface area contributed by atoms with E-state index in [-0.39, 0.29) is 30.4 Å². The van der Waals surface area contributed by atoms with E-state index in [4.69, 9.17) is 23.9 Å². The molecular formula is C35H48BN5O5. The maximum atomic E-state index is 14.1. The summed E-state index contributed by atoms with van der Waals surface area (Å²) in [5, 5.41) is 5.63. The topological polar surface area (TPSA) is 103 Å². The van der Waals surface area contributed by atoms with Crippen LogP contribution in [0.2, 0.25) is 0 Å². The molecule has 1 fully saturated rings. The first kappa shape index (κ1) is 36.6. The molecule has 0 aliphatic carbocycles. The average Bonchev–Trinajstić information content (AvgIpc) is 3.54. The molecule has 46 heavy (non-hydrogen) atoms. The number of hydrogen-bond acceptors (Lipinski definition) is 7. The molecule has 0 unspecified atom stereocenters. The van der Waals surface area contributed by atoms with Crippen LogP contribution >= 0.6 is 0 Å². The molecule has 2 aromatic rings. The van der Waals surface area contributed by atoms with Gasteiger partial charge in [0.1, 0.15) is 18.4 Å². The highest BCUT2D eigenvalue weighted by molar-refractivity contribution is 6.06. The summed E-state index contributed by atoms with van der Waals surface area (Å²) in [7, 11) is 11.2. The molecule has 11 heteroatoms. The normalized spacial score (nSPS) is 17.1. The number of hydrogen-bond donors (Lipinski definition) is 2. The molecule has 0 bridgehead atoms. The fourth-order valence-corrected chi connectivity index (χ4v) is 5.55. The van der Waals surface area contributed by atoms with Gasteiger partial charge in [0, 0.05) is 25.7 Å². The van der Waals surface area contributed by atoms with Gasteiger partial charge in [0.25, 0.3) is 0 Å². The lowest BCUT2D eigenvalue weighted by molar-refractivity contribution is -0.143. The van der Waals surface area contributed by atoms with Crippen molar-refractivity contribution in [2.45, 2.75) is 69.8 Å². The van der Waals surface area contributed by atoms with Crippen LogP contribution < -0.4 is 15.3 Å². The minimum absolute atomic E-state index is 0.0108. The molecule has 2 radical (unpaired) electrons. The summed E-state index contributed by atoms with van der Waals surface area (Å²) in [6, 6.07) is 15.2. The first-order chi connectivity index (χ1) is 22.1. The SMILES string of the molecule is [B]N[C@H](Cc1ccc(OC)cc1)C(=O)N(CCc1ccccc1)C[C@@H]1CCCN1C(=O)[C@@H](NC(=O)[C@H](C)N(C)C)[C@@H](C)OCC#C. The molecule has 1 saturated heterocycles. The third-order valence-electron chi connectivity index (χ3n) is 8.63. The maximum Gasteiger partial charge on any atom is 0.248 e. The van der Waals surface area contributed by atoms with Crippen LogP contribution in [0, 0.1) is 12.3 Å². The third-order valence-corrected chi connectivity index (χ3v) is 8.63. The highest BCUT2D eigenvalue weighted by atomic mass is 16.5. The van der Waals surface area contributed by atoms with Gasteiger partial charge < -0.3 is 29.8 Å². The number of nitrogens with zero attached hydrogens (tertiary/aromatic N) is 3. The van der Waals surface area contributed by atoms with Gasteiger partial charge in [0.05, 0.1) is 25.3 Å².